The van der Waals surface area contributed by atoms with Crippen LogP contribution in [0.15, 0.2) is 102 Å². The molecule has 0 saturated carbocycles. The third-order valence-corrected chi connectivity index (χ3v) is 15.8. The van der Waals surface area contributed by atoms with Crippen molar-refractivity contribution in [3.05, 3.63) is 164 Å². The Labute approximate surface area is 448 Å². The van der Waals surface area contributed by atoms with Gasteiger partial charge in [-0.1, -0.05) is 114 Å². The zero-order chi connectivity index (χ0) is 54.3. The molecule has 2 aliphatic rings. The number of carboxylic acid groups (broad SMARTS) is 1. The maximum Gasteiger partial charge on any atom is 0.448 e. The van der Waals surface area contributed by atoms with Gasteiger partial charge >= 0.3 is 19.1 Å². The van der Waals surface area contributed by atoms with Crippen LogP contribution in [0, 0.1) is 6.92 Å². The van der Waals surface area contributed by atoms with Crippen LogP contribution in [0.3, 0.4) is 0 Å². The second-order valence-corrected chi connectivity index (χ2v) is 23.6. The van der Waals surface area contributed by atoms with E-state index in [1.54, 1.807) is 12.4 Å². The van der Waals surface area contributed by atoms with Gasteiger partial charge in [0.2, 0.25) is 0 Å². The van der Waals surface area contributed by atoms with Crippen LogP contribution >= 0.6 is 15.9 Å². The van der Waals surface area contributed by atoms with Gasteiger partial charge in [0.1, 0.15) is 36.4 Å². The summed E-state index contributed by atoms with van der Waals surface area (Å²) in [6.45, 7) is 25.4. The average molecular weight is 1070 g/mol. The monoisotopic (exact) mass is 1070 g/mol. The SMILES string of the molecule is CB(O)O.CCOC(=O)C[C@@H](c1ccc(OCc2cc3c(cc2Br)C(C)(C)CCC3(C)C)cc1)c1nccn1C.Cc1cc2c(cc1COc1ccc([C@H](CC(=O)O)c3nccn3C)cc1)C(C)(C)CCC2(C)C. The number of esters is 1. The Kier molecular flexibility index (Phi) is 18.6. The molecule has 12 nitrogen and oxygen atoms in total. The number of nitrogens with zero attached hydrogens (tertiary/aromatic N) is 4. The topological polar surface area (TPSA) is 158 Å². The van der Waals surface area contributed by atoms with Gasteiger partial charge < -0.3 is 38.5 Å². The summed E-state index contributed by atoms with van der Waals surface area (Å²) >= 11 is 3.80. The number of carboxylic acids is 1. The normalized spacial score (nSPS) is 16.4. The zero-order valence-electron chi connectivity index (χ0n) is 45.9. The number of carbonyl (C=O) groups is 2. The van der Waals surface area contributed by atoms with Crippen LogP contribution in [0.5, 0.6) is 11.5 Å². The molecule has 2 atom stereocenters. The average Bonchev–Trinajstić information content (AvgIpc) is 3.97. The van der Waals surface area contributed by atoms with E-state index in [0.717, 1.165) is 44.3 Å². The number of hydrogen-bond acceptors (Lipinski definition) is 9. The summed E-state index contributed by atoms with van der Waals surface area (Å²) in [6, 6.07) is 25.0. The van der Waals surface area contributed by atoms with Gasteiger partial charge in [-0.25, -0.2) is 9.97 Å². The molecule has 3 N–H and O–H groups in total. The highest BCUT2D eigenvalue weighted by Crippen LogP contribution is 2.48. The lowest BCUT2D eigenvalue weighted by Gasteiger charge is -2.42. The molecule has 0 fully saturated rings. The summed E-state index contributed by atoms with van der Waals surface area (Å²) in [5, 5.41) is 24.6. The van der Waals surface area contributed by atoms with Crippen LogP contribution in [0.2, 0.25) is 6.82 Å². The molecule has 2 aliphatic carbocycles. The second-order valence-electron chi connectivity index (χ2n) is 22.7. The number of aliphatic carboxylic acids is 1. The quantitative estimate of drug-likeness (QED) is 0.0668. The Bertz CT molecular complexity index is 2860. The molecule has 6 aromatic rings. The van der Waals surface area contributed by atoms with Crippen molar-refractivity contribution in [2.24, 2.45) is 14.1 Å². The number of halogens is 1. The highest BCUT2D eigenvalue weighted by atomic mass is 79.9. The number of aromatic nitrogens is 4. The highest BCUT2D eigenvalue weighted by molar-refractivity contribution is 9.10. The molecule has 0 amide bonds. The number of ether oxygens (including phenoxy) is 3. The van der Waals surface area contributed by atoms with Crippen molar-refractivity contribution in [1.82, 2.24) is 19.1 Å². The lowest BCUT2D eigenvalue weighted by Crippen LogP contribution is -2.34. The van der Waals surface area contributed by atoms with E-state index in [1.165, 1.54) is 65.9 Å². The smallest absolute Gasteiger partial charge is 0.448 e. The third-order valence-electron chi connectivity index (χ3n) is 15.1. The minimum atomic E-state index is -1.17. The van der Waals surface area contributed by atoms with Gasteiger partial charge in [-0.3, -0.25) is 9.59 Å². The lowest BCUT2D eigenvalue weighted by atomic mass is 9.62. The van der Waals surface area contributed by atoms with E-state index in [4.69, 9.17) is 24.3 Å². The maximum atomic E-state index is 12.3. The molecular weight excluding hydrogens is 995 g/mol. The van der Waals surface area contributed by atoms with E-state index < -0.39 is 13.1 Å². The molecule has 0 spiro atoms. The van der Waals surface area contributed by atoms with Gasteiger partial charge in [-0.15, -0.1) is 0 Å². The number of imidazole rings is 2. The first-order valence-corrected chi connectivity index (χ1v) is 26.6. The van der Waals surface area contributed by atoms with Crippen molar-refractivity contribution in [3.63, 3.8) is 0 Å². The fourth-order valence-corrected chi connectivity index (χ4v) is 10.7. The van der Waals surface area contributed by atoms with Crippen LogP contribution in [-0.4, -0.2) is 59.9 Å². The Morgan fingerprint density at radius 3 is 1.42 bits per heavy atom. The zero-order valence-corrected chi connectivity index (χ0v) is 47.5. The first kappa shape index (κ1) is 57.6. The van der Waals surface area contributed by atoms with E-state index in [0.29, 0.717) is 19.8 Å². The largest absolute Gasteiger partial charge is 0.489 e. The maximum absolute atomic E-state index is 12.3. The van der Waals surface area contributed by atoms with Gasteiger partial charge in [0, 0.05) is 48.9 Å². The Balaban J connectivity index is 0.000000225. The van der Waals surface area contributed by atoms with Crippen molar-refractivity contribution in [2.45, 2.75) is 161 Å². The summed E-state index contributed by atoms with van der Waals surface area (Å²) in [5.41, 5.74) is 12.0. The van der Waals surface area contributed by atoms with Gasteiger partial charge in [0.25, 0.3) is 0 Å². The fraction of sp³-hybridized carbons (Fsp3) is 0.467. The van der Waals surface area contributed by atoms with Gasteiger partial charge in [0.05, 0.1) is 31.3 Å². The molecule has 0 saturated heterocycles. The molecular formula is C60H78BBrN4O8. The van der Waals surface area contributed by atoms with Crippen molar-refractivity contribution < 1.29 is 39.0 Å². The number of hydrogen-bond donors (Lipinski definition) is 3. The van der Waals surface area contributed by atoms with Crippen LogP contribution in [-0.2, 0) is 63.3 Å². The summed E-state index contributed by atoms with van der Waals surface area (Å²) < 4.78 is 22.5. The highest BCUT2D eigenvalue weighted by Gasteiger charge is 2.39. The minimum absolute atomic E-state index is 0.00842. The molecule has 4 aromatic carbocycles. The van der Waals surface area contributed by atoms with Crippen LogP contribution < -0.4 is 9.47 Å². The molecule has 0 radical (unpaired) electrons. The predicted octanol–water partition coefficient (Wildman–Crippen LogP) is 12.5. The molecule has 74 heavy (non-hydrogen) atoms. The van der Waals surface area contributed by atoms with Gasteiger partial charge in [-0.05, 0) is 143 Å². The van der Waals surface area contributed by atoms with Crippen LogP contribution in [0.1, 0.15) is 174 Å². The number of carbonyl (C=O) groups excluding carboxylic acids is 1. The standard InChI is InChI=1S/C30H37BrN2O3.C29H36N2O3.CH5BO2/c1-7-35-27(34)17-23(28-32-14-15-33(28)6)20-8-10-22(11-9-20)36-19-21-16-24-25(18-26(21)31)30(4,5)13-12-29(24,2)3;1-19-15-24-25(29(4,5)12-11-28(24,2)3)16-21(19)18-34-22-9-7-20(8-10-22)23(17-26(32)33)27-30-13-14-31(27)6;1-2(3)4/h8-11,14-16,18,23H,7,12-13,17,19H2,1-6H3;7-10,13-16,23H,11-12,17-18H2,1-6H3,(H,32,33);3-4H,1H3/t2*23-;/m00./s1. The first-order valence-electron chi connectivity index (χ1n) is 25.8. The molecule has 8 rings (SSSR count). The molecule has 0 bridgehead atoms. The summed E-state index contributed by atoms with van der Waals surface area (Å²) in [4.78, 5) is 32.6. The lowest BCUT2D eigenvalue weighted by molar-refractivity contribution is -0.143. The van der Waals surface area contributed by atoms with E-state index in [9.17, 15) is 14.7 Å². The Morgan fingerprint density at radius 1 is 0.649 bits per heavy atom. The van der Waals surface area contributed by atoms with Crippen LogP contribution in [0.4, 0.5) is 0 Å². The summed E-state index contributed by atoms with van der Waals surface area (Å²) in [7, 11) is 2.66. The van der Waals surface area contributed by atoms with Crippen molar-refractivity contribution in [3.8, 4) is 11.5 Å². The molecule has 396 valence electrons. The van der Waals surface area contributed by atoms with Crippen LogP contribution in [0.25, 0.3) is 0 Å². The summed E-state index contributed by atoms with van der Waals surface area (Å²) in [6.07, 6.45) is 12.2. The summed E-state index contributed by atoms with van der Waals surface area (Å²) in [5.74, 6) is 1.58. The number of benzene rings is 4. The number of aryl methyl sites for hydroxylation is 3. The van der Waals surface area contributed by atoms with Gasteiger partial charge in [0.15, 0.2) is 0 Å². The van der Waals surface area contributed by atoms with Crippen molar-refractivity contribution in [2.75, 3.05) is 6.61 Å². The molecule has 0 unspecified atom stereocenters. The van der Waals surface area contributed by atoms with E-state index in [-0.39, 0.29) is 52.3 Å². The van der Waals surface area contributed by atoms with Crippen molar-refractivity contribution >= 4 is 35.0 Å². The predicted molar refractivity (Wildman–Crippen MR) is 297 cm³/mol. The fourth-order valence-electron chi connectivity index (χ4n) is 10.3. The molecule has 14 heteroatoms. The molecule has 2 heterocycles. The Hall–Kier alpha value is -5.70. The minimum Gasteiger partial charge on any atom is -0.489 e. The molecule has 2 aromatic heterocycles. The Morgan fingerprint density at radius 2 is 1.03 bits per heavy atom. The number of fused-ring (bicyclic) bond motifs is 2. The van der Waals surface area contributed by atoms with E-state index >= 15 is 0 Å². The van der Waals surface area contributed by atoms with Gasteiger partial charge in [-0.2, -0.15) is 0 Å². The molecule has 0 aliphatic heterocycles. The van der Waals surface area contributed by atoms with Crippen molar-refractivity contribution in [1.29, 1.82) is 0 Å². The third kappa shape index (κ3) is 14.2. The first-order chi connectivity index (χ1) is 34.7. The number of rotatable bonds is 15. The second kappa shape index (κ2) is 23.9. The van der Waals surface area contributed by atoms with E-state index in [2.05, 4.69) is 112 Å². The van der Waals surface area contributed by atoms with E-state index in [1.807, 2.05) is 91.1 Å².